The highest BCUT2D eigenvalue weighted by Gasteiger charge is 2.33. The molecule has 5 nitrogen and oxygen atoms in total. The summed E-state index contributed by atoms with van der Waals surface area (Å²) in [5, 5.41) is 17.3. The molecule has 5 heteroatoms. The van der Waals surface area contributed by atoms with Crippen LogP contribution in [0.4, 0.5) is 0 Å². The average Bonchev–Trinajstić information content (AvgIpc) is 2.30. The van der Waals surface area contributed by atoms with Crippen molar-refractivity contribution in [2.24, 2.45) is 0 Å². The van der Waals surface area contributed by atoms with Crippen LogP contribution < -0.4 is 0 Å². The fraction of sp³-hybridized carbons (Fsp3) is 0.750. The first-order chi connectivity index (χ1) is 6.03. The van der Waals surface area contributed by atoms with Crippen LogP contribution in [0.2, 0.25) is 0 Å². The molecule has 0 bridgehead atoms. The lowest BCUT2D eigenvalue weighted by atomic mass is 10.2. The second-order valence-electron chi connectivity index (χ2n) is 3.39. The summed E-state index contributed by atoms with van der Waals surface area (Å²) in [6.45, 7) is 4.06. The second kappa shape index (κ2) is 3.73. The topological polar surface area (TPSA) is 66.8 Å². The van der Waals surface area contributed by atoms with Gasteiger partial charge in [-0.2, -0.15) is 0 Å². The molecule has 0 aromatic carbocycles. The molecule has 1 atom stereocenters. The van der Waals surface area contributed by atoms with Gasteiger partial charge in [-0.15, -0.1) is 0 Å². The van der Waals surface area contributed by atoms with Crippen molar-refractivity contribution in [1.29, 1.82) is 5.39 Å². The summed E-state index contributed by atoms with van der Waals surface area (Å²) >= 11 is 0. The van der Waals surface area contributed by atoms with Gasteiger partial charge in [0.25, 0.3) is 0 Å². The minimum Gasteiger partial charge on any atom is -0.505 e. The van der Waals surface area contributed by atoms with E-state index in [1.807, 2.05) is 13.8 Å². The largest absolute Gasteiger partial charge is 0.505 e. The first kappa shape index (κ1) is 9.96. The van der Waals surface area contributed by atoms with Crippen molar-refractivity contribution in [3.8, 4) is 0 Å². The third kappa shape index (κ3) is 3.01. The van der Waals surface area contributed by atoms with Gasteiger partial charge in [-0.05, 0) is 13.8 Å². The van der Waals surface area contributed by atoms with Crippen molar-refractivity contribution < 1.29 is 14.6 Å². The summed E-state index contributed by atoms with van der Waals surface area (Å²) in [5.41, 5.74) is 0. The van der Waals surface area contributed by atoms with E-state index in [0.717, 1.165) is 6.20 Å². The lowest BCUT2D eigenvalue weighted by Gasteiger charge is -2.16. The van der Waals surface area contributed by atoms with Crippen LogP contribution in [0.5, 0.6) is 0 Å². The molecule has 1 aliphatic rings. The molecule has 1 heterocycles. The maximum absolute atomic E-state index is 9.15. The molecule has 0 aromatic heterocycles. The predicted octanol–water partition coefficient (Wildman–Crippen LogP) is 1.78. The van der Waals surface area contributed by atoms with E-state index in [1.165, 1.54) is 0 Å². The number of aliphatic hydroxyl groups is 1. The van der Waals surface area contributed by atoms with E-state index < -0.39 is 5.79 Å². The highest BCUT2D eigenvalue weighted by molar-refractivity contribution is 4.98. The predicted molar refractivity (Wildman–Crippen MR) is 45.3 cm³/mol. The van der Waals surface area contributed by atoms with Crippen LogP contribution in [0.1, 0.15) is 20.3 Å². The quantitative estimate of drug-likeness (QED) is 0.526. The van der Waals surface area contributed by atoms with Gasteiger partial charge >= 0.3 is 6.20 Å². The van der Waals surface area contributed by atoms with E-state index in [9.17, 15) is 0 Å². The van der Waals surface area contributed by atoms with Crippen molar-refractivity contribution in [3.05, 3.63) is 16.9 Å². The van der Waals surface area contributed by atoms with Gasteiger partial charge in [0.2, 0.25) is 5.39 Å². The van der Waals surface area contributed by atoms with Crippen LogP contribution in [0, 0.1) is 5.39 Å². The van der Waals surface area contributed by atoms with Gasteiger partial charge < -0.3 is 14.6 Å². The third-order valence-corrected chi connectivity index (χ3v) is 1.71. The smallest absolute Gasteiger partial charge is 0.387 e. The molecule has 0 aromatic rings. The first-order valence-electron chi connectivity index (χ1n) is 4.07. The number of aliphatic hydroxyl groups excluding tert-OH is 1. The monoisotopic (exact) mass is 185 g/mol. The molecular formula is C8H13N2O3+. The van der Waals surface area contributed by atoms with E-state index in [4.69, 9.17) is 20.0 Å². The lowest BCUT2D eigenvalue weighted by molar-refractivity contribution is -0.138. The Morgan fingerprint density at radius 3 is 2.92 bits per heavy atom. The van der Waals surface area contributed by atoms with Crippen LogP contribution in [-0.2, 0) is 9.47 Å². The molecule has 1 N–H and O–H groups in total. The Morgan fingerprint density at radius 2 is 2.46 bits per heavy atom. The average molecular weight is 185 g/mol. The van der Waals surface area contributed by atoms with Gasteiger partial charge in [0.15, 0.2) is 16.5 Å². The highest BCUT2D eigenvalue weighted by Crippen LogP contribution is 2.25. The normalized spacial score (nSPS) is 27.2. The molecular weight excluding hydrogens is 172 g/mol. The van der Waals surface area contributed by atoms with Crippen molar-refractivity contribution in [2.45, 2.75) is 32.2 Å². The maximum Gasteiger partial charge on any atom is 0.387 e. The molecule has 1 unspecified atom stereocenters. The molecule has 0 aliphatic carbocycles. The Balaban J connectivity index is 2.42. The van der Waals surface area contributed by atoms with Gasteiger partial charge in [-0.25, -0.2) is 0 Å². The van der Waals surface area contributed by atoms with Crippen molar-refractivity contribution in [1.82, 2.24) is 0 Å². The summed E-state index contributed by atoms with van der Waals surface area (Å²) in [6.07, 6.45) is 1.11. The zero-order valence-electron chi connectivity index (χ0n) is 7.73. The molecule has 13 heavy (non-hydrogen) atoms. The highest BCUT2D eigenvalue weighted by atomic mass is 16.7. The third-order valence-electron chi connectivity index (χ3n) is 1.71. The van der Waals surface area contributed by atoms with Crippen LogP contribution in [0.3, 0.4) is 0 Å². The van der Waals surface area contributed by atoms with Gasteiger partial charge in [0.05, 0.1) is 12.7 Å². The van der Waals surface area contributed by atoms with Crippen LogP contribution >= 0.6 is 0 Å². The maximum atomic E-state index is 9.15. The van der Waals surface area contributed by atoms with Crippen LogP contribution in [-0.4, -0.2) is 23.6 Å². The summed E-state index contributed by atoms with van der Waals surface area (Å²) in [4.78, 5) is 2.71. The van der Waals surface area contributed by atoms with Crippen LogP contribution in [0.15, 0.2) is 12.0 Å². The Labute approximate surface area is 76.6 Å². The van der Waals surface area contributed by atoms with E-state index in [0.29, 0.717) is 13.0 Å². The molecule has 0 spiro atoms. The van der Waals surface area contributed by atoms with Gasteiger partial charge in [0, 0.05) is 6.42 Å². The Morgan fingerprint density at radius 1 is 1.77 bits per heavy atom. The second-order valence-corrected chi connectivity index (χ2v) is 3.39. The summed E-state index contributed by atoms with van der Waals surface area (Å²) in [6, 6.07) is 0. The minimum atomic E-state index is -0.582. The fourth-order valence-corrected chi connectivity index (χ4v) is 1.22. The molecule has 1 saturated heterocycles. The zero-order chi connectivity index (χ0) is 9.90. The van der Waals surface area contributed by atoms with E-state index in [1.54, 1.807) is 0 Å². The molecule has 72 valence electrons. The van der Waals surface area contributed by atoms with Gasteiger partial charge in [0.1, 0.15) is 0 Å². The van der Waals surface area contributed by atoms with Gasteiger partial charge in [-0.1, -0.05) is 0 Å². The Hall–Kier alpha value is -1.12. The standard InChI is InChI=1S/C8H12N2O3/c1-8(2)12-5-7(13-8)3-6(11)4-10-9/h4,7H,3,5H2,1-2H3/p+1/b6-4-. The van der Waals surface area contributed by atoms with E-state index >= 15 is 0 Å². The van der Waals surface area contributed by atoms with Gasteiger partial charge in [-0.3, -0.25) is 0 Å². The van der Waals surface area contributed by atoms with Crippen molar-refractivity contribution in [2.75, 3.05) is 6.61 Å². The van der Waals surface area contributed by atoms with E-state index in [2.05, 4.69) is 4.98 Å². The zero-order valence-corrected chi connectivity index (χ0v) is 7.73. The number of hydrogen-bond acceptors (Lipinski definition) is 4. The number of hydrogen-bond donors (Lipinski definition) is 1. The Kier molecular flexibility index (Phi) is 2.86. The Bertz CT molecular complexity index is 255. The SMILES string of the molecule is CC1(C)OCC(C/C(O)=C/[N+]#N)O1. The minimum absolute atomic E-state index is 0.0196. The molecule has 1 rings (SSSR count). The first-order valence-corrected chi connectivity index (χ1v) is 4.07. The molecule has 1 fully saturated rings. The number of rotatable bonds is 2. The van der Waals surface area contributed by atoms with Crippen molar-refractivity contribution >= 4 is 0 Å². The number of ether oxygens (including phenoxy) is 2. The molecule has 0 saturated carbocycles. The fourth-order valence-electron chi connectivity index (χ4n) is 1.22. The molecule has 1 aliphatic heterocycles. The summed E-state index contributed by atoms with van der Waals surface area (Å²) in [7, 11) is 0. The summed E-state index contributed by atoms with van der Waals surface area (Å²) in [5.74, 6) is -0.602. The van der Waals surface area contributed by atoms with Crippen LogP contribution in [0.25, 0.3) is 4.98 Å². The van der Waals surface area contributed by atoms with Crippen molar-refractivity contribution in [3.63, 3.8) is 0 Å². The lowest BCUT2D eigenvalue weighted by Crippen LogP contribution is -2.21. The molecule has 0 amide bonds. The number of diazo groups is 1. The summed E-state index contributed by atoms with van der Waals surface area (Å²) < 4.78 is 10.7. The van der Waals surface area contributed by atoms with E-state index in [-0.39, 0.29) is 11.9 Å². The molecule has 0 radical (unpaired) electrons. The number of nitrogens with zero attached hydrogens (tertiary/aromatic N) is 2.